The van der Waals surface area contributed by atoms with Crippen molar-refractivity contribution in [3.05, 3.63) is 27.9 Å². The Labute approximate surface area is 70.9 Å². The molecule has 6 heteroatoms. The molecule has 0 amide bonds. The molecule has 0 unspecified atom stereocenters. The molecular formula is C6H3ClN2O3. The second-order valence-corrected chi connectivity index (χ2v) is 2.39. The van der Waals surface area contributed by atoms with Gasteiger partial charge in [0, 0.05) is 0 Å². The Morgan fingerprint density at radius 1 is 1.42 bits per heavy atom. The molecule has 2 heterocycles. The van der Waals surface area contributed by atoms with Gasteiger partial charge in [0.05, 0.1) is 0 Å². The topological polar surface area (TPSA) is 72.0 Å². The van der Waals surface area contributed by atoms with Crippen LogP contribution in [0, 0.1) is 0 Å². The van der Waals surface area contributed by atoms with E-state index < -0.39 is 5.76 Å². The van der Waals surface area contributed by atoms with E-state index in [0.29, 0.717) is 5.76 Å². The van der Waals surface area contributed by atoms with Crippen molar-refractivity contribution in [3.63, 3.8) is 0 Å². The van der Waals surface area contributed by atoms with Crippen molar-refractivity contribution in [2.24, 2.45) is 0 Å². The third-order valence-corrected chi connectivity index (χ3v) is 1.43. The van der Waals surface area contributed by atoms with Crippen LogP contribution >= 0.6 is 11.6 Å². The first-order chi connectivity index (χ1) is 5.75. The molecular weight excluding hydrogens is 184 g/mol. The Morgan fingerprint density at radius 3 is 2.75 bits per heavy atom. The average Bonchev–Trinajstić information content (AvgIpc) is 2.58. The van der Waals surface area contributed by atoms with E-state index >= 15 is 0 Å². The van der Waals surface area contributed by atoms with Crippen LogP contribution in [0.1, 0.15) is 0 Å². The van der Waals surface area contributed by atoms with Crippen molar-refractivity contribution < 1.29 is 8.83 Å². The van der Waals surface area contributed by atoms with Gasteiger partial charge >= 0.3 is 5.76 Å². The van der Waals surface area contributed by atoms with Crippen molar-refractivity contribution in [3.8, 4) is 11.7 Å². The Kier molecular flexibility index (Phi) is 1.51. The number of nitrogens with one attached hydrogen (secondary N) is 1. The summed E-state index contributed by atoms with van der Waals surface area (Å²) < 4.78 is 9.54. The molecule has 2 aromatic heterocycles. The lowest BCUT2D eigenvalue weighted by Gasteiger charge is -1.82. The molecule has 0 aliphatic carbocycles. The number of nitrogens with zero attached hydrogens (tertiary/aromatic N) is 1. The van der Waals surface area contributed by atoms with Crippen LogP contribution in [0.15, 0.2) is 25.8 Å². The van der Waals surface area contributed by atoms with E-state index in [1.165, 1.54) is 6.07 Å². The van der Waals surface area contributed by atoms with E-state index in [-0.39, 0.29) is 11.1 Å². The first-order valence-corrected chi connectivity index (χ1v) is 3.45. The summed E-state index contributed by atoms with van der Waals surface area (Å²) >= 11 is 5.49. The van der Waals surface area contributed by atoms with Gasteiger partial charge in [0.15, 0.2) is 11.0 Å². The summed E-state index contributed by atoms with van der Waals surface area (Å²) in [5, 5.41) is 5.86. The zero-order valence-electron chi connectivity index (χ0n) is 5.70. The lowest BCUT2D eigenvalue weighted by atomic mass is 10.5. The van der Waals surface area contributed by atoms with Gasteiger partial charge in [-0.25, -0.2) is 9.89 Å². The van der Waals surface area contributed by atoms with Gasteiger partial charge in [-0.05, 0) is 23.7 Å². The fraction of sp³-hybridized carbons (Fsp3) is 0. The maximum Gasteiger partial charge on any atom is 0.434 e. The van der Waals surface area contributed by atoms with E-state index in [2.05, 4.69) is 14.6 Å². The highest BCUT2D eigenvalue weighted by Gasteiger charge is 2.08. The maximum atomic E-state index is 10.5. The minimum absolute atomic E-state index is 0.0897. The molecule has 0 fully saturated rings. The average molecular weight is 187 g/mol. The first-order valence-electron chi connectivity index (χ1n) is 3.07. The number of furan rings is 1. The van der Waals surface area contributed by atoms with Crippen LogP contribution in [0.5, 0.6) is 0 Å². The molecule has 5 nitrogen and oxygen atoms in total. The van der Waals surface area contributed by atoms with Gasteiger partial charge in [0.25, 0.3) is 5.89 Å². The van der Waals surface area contributed by atoms with Crippen molar-refractivity contribution in [2.75, 3.05) is 0 Å². The molecule has 1 N–H and O–H groups in total. The number of hydrogen-bond acceptors (Lipinski definition) is 4. The third kappa shape index (κ3) is 1.14. The highest BCUT2D eigenvalue weighted by atomic mass is 35.5. The highest BCUT2D eigenvalue weighted by Crippen LogP contribution is 2.21. The number of hydrogen-bond donors (Lipinski definition) is 1. The SMILES string of the molecule is O=c1[nH]nc(-c2ccc(Cl)o2)o1. The van der Waals surface area contributed by atoms with E-state index in [4.69, 9.17) is 16.0 Å². The van der Waals surface area contributed by atoms with E-state index in [1.807, 2.05) is 0 Å². The number of aromatic amines is 1. The molecule has 0 aromatic carbocycles. The van der Waals surface area contributed by atoms with E-state index in [1.54, 1.807) is 6.07 Å². The summed E-state index contributed by atoms with van der Waals surface area (Å²) in [6.07, 6.45) is 0. The fourth-order valence-electron chi connectivity index (χ4n) is 0.764. The predicted octanol–water partition coefficient (Wildman–Crippen LogP) is 1.28. The van der Waals surface area contributed by atoms with Crippen LogP contribution in [0.4, 0.5) is 0 Å². The molecule has 0 atom stereocenters. The maximum absolute atomic E-state index is 10.5. The van der Waals surface area contributed by atoms with E-state index in [9.17, 15) is 4.79 Å². The monoisotopic (exact) mass is 186 g/mol. The van der Waals surface area contributed by atoms with Crippen LogP contribution in [-0.4, -0.2) is 10.2 Å². The molecule has 0 aliphatic rings. The summed E-state index contributed by atoms with van der Waals surface area (Å²) in [6.45, 7) is 0. The lowest BCUT2D eigenvalue weighted by Crippen LogP contribution is -1.93. The number of rotatable bonds is 1. The summed E-state index contributed by atoms with van der Waals surface area (Å²) in [5.74, 6) is -0.220. The zero-order chi connectivity index (χ0) is 8.55. The second kappa shape index (κ2) is 2.53. The minimum Gasteiger partial charge on any atom is -0.440 e. The molecule has 0 radical (unpaired) electrons. The van der Waals surface area contributed by atoms with Gasteiger partial charge in [-0.2, -0.15) is 0 Å². The summed E-state index contributed by atoms with van der Waals surface area (Å²) in [7, 11) is 0. The van der Waals surface area contributed by atoms with Gasteiger partial charge in [-0.3, -0.25) is 0 Å². The second-order valence-electron chi connectivity index (χ2n) is 2.02. The largest absolute Gasteiger partial charge is 0.440 e. The lowest BCUT2D eigenvalue weighted by molar-refractivity contribution is 0.493. The molecule has 0 saturated heterocycles. The van der Waals surface area contributed by atoms with Gasteiger partial charge in [0.1, 0.15) is 0 Å². The number of aromatic nitrogens is 2. The molecule has 2 aromatic rings. The molecule has 0 spiro atoms. The van der Waals surface area contributed by atoms with Crippen molar-refractivity contribution in [1.29, 1.82) is 0 Å². The summed E-state index contributed by atoms with van der Waals surface area (Å²) in [4.78, 5) is 10.5. The van der Waals surface area contributed by atoms with Gasteiger partial charge < -0.3 is 8.83 Å². The van der Waals surface area contributed by atoms with Crippen molar-refractivity contribution >= 4 is 11.6 Å². The number of halogens is 1. The predicted molar refractivity (Wildman–Crippen MR) is 39.8 cm³/mol. The van der Waals surface area contributed by atoms with Crippen LogP contribution in [0.25, 0.3) is 11.7 Å². The summed E-state index contributed by atoms with van der Waals surface area (Å²) in [6, 6.07) is 3.09. The standard InChI is InChI=1S/C6H3ClN2O3/c7-4-2-1-3(11-4)5-8-9-6(10)12-5/h1-2H,(H,9,10). The Morgan fingerprint density at radius 2 is 2.25 bits per heavy atom. The Bertz CT molecular complexity index is 441. The quantitative estimate of drug-likeness (QED) is 0.728. The minimum atomic E-state index is -0.627. The first kappa shape index (κ1) is 7.17. The zero-order valence-corrected chi connectivity index (χ0v) is 6.46. The van der Waals surface area contributed by atoms with Crippen LogP contribution in [0.3, 0.4) is 0 Å². The Hall–Kier alpha value is -1.49. The Balaban J connectivity index is 2.50. The summed E-state index contributed by atoms with van der Waals surface area (Å²) in [5.41, 5.74) is 0. The van der Waals surface area contributed by atoms with Gasteiger partial charge in [-0.15, -0.1) is 5.10 Å². The van der Waals surface area contributed by atoms with E-state index in [0.717, 1.165) is 0 Å². The van der Waals surface area contributed by atoms with Crippen LogP contribution < -0.4 is 5.76 Å². The molecule has 0 saturated carbocycles. The molecule has 12 heavy (non-hydrogen) atoms. The number of H-pyrrole nitrogens is 1. The smallest absolute Gasteiger partial charge is 0.434 e. The van der Waals surface area contributed by atoms with Crippen molar-refractivity contribution in [1.82, 2.24) is 10.2 Å². The molecule has 62 valence electrons. The normalized spacial score (nSPS) is 10.4. The van der Waals surface area contributed by atoms with Crippen LogP contribution in [-0.2, 0) is 0 Å². The molecule has 0 aliphatic heterocycles. The van der Waals surface area contributed by atoms with Gasteiger partial charge in [-0.1, -0.05) is 0 Å². The molecule has 2 rings (SSSR count). The van der Waals surface area contributed by atoms with Gasteiger partial charge in [0.2, 0.25) is 0 Å². The third-order valence-electron chi connectivity index (χ3n) is 1.22. The van der Waals surface area contributed by atoms with Crippen molar-refractivity contribution in [2.45, 2.75) is 0 Å². The highest BCUT2D eigenvalue weighted by molar-refractivity contribution is 6.28. The van der Waals surface area contributed by atoms with Crippen LogP contribution in [0.2, 0.25) is 5.22 Å². The fourth-order valence-corrected chi connectivity index (χ4v) is 0.911. The molecule has 0 bridgehead atoms.